The Morgan fingerprint density at radius 2 is 2.13 bits per heavy atom. The zero-order valence-electron chi connectivity index (χ0n) is 13.9. The summed E-state index contributed by atoms with van der Waals surface area (Å²) >= 11 is 0. The van der Waals surface area contributed by atoms with Gasteiger partial charge in [-0.3, -0.25) is 14.4 Å². The van der Waals surface area contributed by atoms with E-state index in [0.29, 0.717) is 5.76 Å². The van der Waals surface area contributed by atoms with Crippen LogP contribution in [0.4, 0.5) is 0 Å². The summed E-state index contributed by atoms with van der Waals surface area (Å²) in [6.07, 6.45) is 5.01. The van der Waals surface area contributed by atoms with Gasteiger partial charge in [-0.1, -0.05) is 0 Å². The van der Waals surface area contributed by atoms with E-state index in [2.05, 4.69) is 23.1 Å². The quantitative estimate of drug-likeness (QED) is 0.867. The standard InChI is InChI=1S/C17H24N4O2/c1-3-21-13-15(11-18-21)12-19-7-4-8-20(10-9-19)17(22)16-6-5-14(2)23-16/h5-6,11,13H,3-4,7-10,12H2,1-2H3. The SMILES string of the molecule is CCn1cc(CN2CCCN(C(=O)c3ccc(C)o3)CC2)cn1. The van der Waals surface area contributed by atoms with Crippen molar-refractivity contribution < 1.29 is 9.21 Å². The molecule has 0 aliphatic carbocycles. The maximum Gasteiger partial charge on any atom is 0.289 e. The summed E-state index contributed by atoms with van der Waals surface area (Å²) in [6, 6.07) is 3.60. The van der Waals surface area contributed by atoms with E-state index in [9.17, 15) is 4.79 Å². The van der Waals surface area contributed by atoms with Gasteiger partial charge < -0.3 is 9.32 Å². The lowest BCUT2D eigenvalue weighted by Gasteiger charge is -2.20. The van der Waals surface area contributed by atoms with Crippen molar-refractivity contribution in [2.45, 2.75) is 33.4 Å². The van der Waals surface area contributed by atoms with Crippen molar-refractivity contribution in [1.82, 2.24) is 19.6 Å². The fourth-order valence-electron chi connectivity index (χ4n) is 2.96. The first-order valence-electron chi connectivity index (χ1n) is 8.25. The molecule has 0 spiro atoms. The second kappa shape index (κ2) is 7.00. The molecule has 1 aliphatic heterocycles. The number of carbonyl (C=O) groups excluding carboxylic acids is 1. The third kappa shape index (κ3) is 3.82. The average Bonchev–Trinajstić information content (AvgIpc) is 3.11. The first-order chi connectivity index (χ1) is 11.2. The van der Waals surface area contributed by atoms with Crippen molar-refractivity contribution in [3.05, 3.63) is 41.6 Å². The van der Waals surface area contributed by atoms with Gasteiger partial charge in [0.1, 0.15) is 5.76 Å². The Bertz CT molecular complexity index is 661. The fourth-order valence-corrected chi connectivity index (χ4v) is 2.96. The Morgan fingerprint density at radius 1 is 1.26 bits per heavy atom. The minimum absolute atomic E-state index is 0.00116. The van der Waals surface area contributed by atoms with Crippen LogP contribution < -0.4 is 0 Å². The van der Waals surface area contributed by atoms with Crippen molar-refractivity contribution >= 4 is 5.91 Å². The van der Waals surface area contributed by atoms with Crippen LogP contribution in [0, 0.1) is 6.92 Å². The highest BCUT2D eigenvalue weighted by atomic mass is 16.3. The summed E-state index contributed by atoms with van der Waals surface area (Å²) in [7, 11) is 0. The zero-order valence-corrected chi connectivity index (χ0v) is 13.9. The predicted octanol–water partition coefficient (Wildman–Crippen LogP) is 2.15. The minimum Gasteiger partial charge on any atom is -0.456 e. The normalized spacial score (nSPS) is 16.5. The smallest absolute Gasteiger partial charge is 0.289 e. The zero-order chi connectivity index (χ0) is 16.2. The Kier molecular flexibility index (Phi) is 4.81. The maximum absolute atomic E-state index is 12.5. The number of carbonyl (C=O) groups is 1. The van der Waals surface area contributed by atoms with E-state index in [1.807, 2.05) is 28.8 Å². The Balaban J connectivity index is 1.57. The molecule has 1 fully saturated rings. The Labute approximate surface area is 136 Å². The molecule has 6 nitrogen and oxygen atoms in total. The van der Waals surface area contributed by atoms with E-state index in [0.717, 1.165) is 51.4 Å². The van der Waals surface area contributed by atoms with Crippen LogP contribution in [-0.4, -0.2) is 51.7 Å². The van der Waals surface area contributed by atoms with E-state index in [4.69, 9.17) is 4.42 Å². The van der Waals surface area contributed by atoms with Gasteiger partial charge in [-0.05, 0) is 32.4 Å². The number of amides is 1. The van der Waals surface area contributed by atoms with E-state index in [1.165, 1.54) is 5.56 Å². The number of aromatic nitrogens is 2. The first kappa shape index (κ1) is 15.8. The molecule has 0 radical (unpaired) electrons. The molecule has 124 valence electrons. The highest BCUT2D eigenvalue weighted by Crippen LogP contribution is 2.13. The second-order valence-electron chi connectivity index (χ2n) is 6.04. The van der Waals surface area contributed by atoms with Crippen molar-refractivity contribution in [2.24, 2.45) is 0 Å². The third-order valence-electron chi connectivity index (χ3n) is 4.24. The van der Waals surface area contributed by atoms with Gasteiger partial charge in [-0.2, -0.15) is 5.10 Å². The van der Waals surface area contributed by atoms with Gasteiger partial charge in [-0.25, -0.2) is 0 Å². The molecule has 1 saturated heterocycles. The average molecular weight is 316 g/mol. The van der Waals surface area contributed by atoms with Crippen LogP contribution in [0.25, 0.3) is 0 Å². The Hall–Kier alpha value is -2.08. The first-order valence-corrected chi connectivity index (χ1v) is 8.25. The largest absolute Gasteiger partial charge is 0.456 e. The second-order valence-corrected chi connectivity index (χ2v) is 6.04. The van der Waals surface area contributed by atoms with Gasteiger partial charge in [0.2, 0.25) is 0 Å². The molecule has 23 heavy (non-hydrogen) atoms. The molecule has 1 amide bonds. The predicted molar refractivity (Wildman–Crippen MR) is 87.1 cm³/mol. The molecule has 3 rings (SSSR count). The molecule has 0 aromatic carbocycles. The van der Waals surface area contributed by atoms with Crippen LogP contribution in [0.15, 0.2) is 28.9 Å². The fraction of sp³-hybridized carbons (Fsp3) is 0.529. The van der Waals surface area contributed by atoms with Crippen LogP contribution in [0.3, 0.4) is 0 Å². The summed E-state index contributed by atoms with van der Waals surface area (Å²) in [5.74, 6) is 1.22. The molecule has 3 heterocycles. The van der Waals surface area contributed by atoms with Gasteiger partial charge >= 0.3 is 0 Å². The number of rotatable bonds is 4. The van der Waals surface area contributed by atoms with Crippen molar-refractivity contribution in [3.63, 3.8) is 0 Å². The van der Waals surface area contributed by atoms with E-state index in [-0.39, 0.29) is 5.91 Å². The third-order valence-corrected chi connectivity index (χ3v) is 4.24. The molecule has 0 bridgehead atoms. The summed E-state index contributed by atoms with van der Waals surface area (Å²) < 4.78 is 7.41. The molecule has 0 unspecified atom stereocenters. The summed E-state index contributed by atoms with van der Waals surface area (Å²) in [4.78, 5) is 16.8. The van der Waals surface area contributed by atoms with Gasteiger partial charge in [0.25, 0.3) is 5.91 Å². The molecule has 0 atom stereocenters. The van der Waals surface area contributed by atoms with Crippen LogP contribution in [-0.2, 0) is 13.1 Å². The molecule has 2 aromatic rings. The number of aryl methyl sites for hydroxylation is 2. The van der Waals surface area contributed by atoms with Gasteiger partial charge in [-0.15, -0.1) is 0 Å². The van der Waals surface area contributed by atoms with Crippen LogP contribution in [0.5, 0.6) is 0 Å². The number of hydrogen-bond donors (Lipinski definition) is 0. The molecule has 1 aliphatic rings. The van der Waals surface area contributed by atoms with E-state index >= 15 is 0 Å². The van der Waals surface area contributed by atoms with E-state index in [1.54, 1.807) is 6.07 Å². The molecule has 6 heteroatoms. The highest BCUT2D eigenvalue weighted by Gasteiger charge is 2.22. The van der Waals surface area contributed by atoms with Gasteiger partial charge in [0.15, 0.2) is 5.76 Å². The number of hydrogen-bond acceptors (Lipinski definition) is 4. The van der Waals surface area contributed by atoms with Crippen LogP contribution >= 0.6 is 0 Å². The maximum atomic E-state index is 12.5. The van der Waals surface area contributed by atoms with Crippen molar-refractivity contribution in [3.8, 4) is 0 Å². The van der Waals surface area contributed by atoms with E-state index < -0.39 is 0 Å². The van der Waals surface area contributed by atoms with Gasteiger partial charge in [0.05, 0.1) is 6.20 Å². The lowest BCUT2D eigenvalue weighted by atomic mass is 10.3. The van der Waals surface area contributed by atoms with Gasteiger partial charge in [0, 0.05) is 51.0 Å². The summed E-state index contributed by atoms with van der Waals surface area (Å²) in [5.41, 5.74) is 1.23. The summed E-state index contributed by atoms with van der Waals surface area (Å²) in [5, 5.41) is 4.32. The van der Waals surface area contributed by atoms with Crippen molar-refractivity contribution in [2.75, 3.05) is 26.2 Å². The lowest BCUT2D eigenvalue weighted by Crippen LogP contribution is -2.34. The monoisotopic (exact) mass is 316 g/mol. The molecule has 2 aromatic heterocycles. The molecule has 0 N–H and O–H groups in total. The number of furan rings is 1. The summed E-state index contributed by atoms with van der Waals surface area (Å²) in [6.45, 7) is 9.12. The Morgan fingerprint density at radius 3 is 2.83 bits per heavy atom. The molecular formula is C17H24N4O2. The van der Waals surface area contributed by atoms with Crippen LogP contribution in [0.1, 0.15) is 35.2 Å². The minimum atomic E-state index is -0.00116. The van der Waals surface area contributed by atoms with Crippen molar-refractivity contribution in [1.29, 1.82) is 0 Å². The topological polar surface area (TPSA) is 54.5 Å². The molecule has 0 saturated carbocycles. The van der Waals surface area contributed by atoms with Crippen LogP contribution in [0.2, 0.25) is 0 Å². The molecular weight excluding hydrogens is 292 g/mol. The number of nitrogens with zero attached hydrogens (tertiary/aromatic N) is 4. The lowest BCUT2D eigenvalue weighted by molar-refractivity contribution is 0.0728. The highest BCUT2D eigenvalue weighted by molar-refractivity contribution is 5.91.